The highest BCUT2D eigenvalue weighted by Gasteiger charge is 2.30. The summed E-state index contributed by atoms with van der Waals surface area (Å²) in [4.78, 5) is 14.0. The number of carbonyl (C=O) groups is 1. The zero-order chi connectivity index (χ0) is 17.1. The molecule has 1 aliphatic rings. The number of hydrogen-bond acceptors (Lipinski definition) is 5. The van der Waals surface area contributed by atoms with Gasteiger partial charge >= 0.3 is 5.97 Å². The number of likely N-dealkylation sites (N-methyl/N-ethyl adjacent to an activating group) is 1. The van der Waals surface area contributed by atoms with Crippen molar-refractivity contribution in [2.24, 2.45) is 0 Å². The summed E-state index contributed by atoms with van der Waals surface area (Å²) in [5.41, 5.74) is 2.71. The summed E-state index contributed by atoms with van der Waals surface area (Å²) in [7, 11) is 5.72. The van der Waals surface area contributed by atoms with Gasteiger partial charge in [0.25, 0.3) is 0 Å². The summed E-state index contributed by atoms with van der Waals surface area (Å²) in [5, 5.41) is 3.36. The topological polar surface area (TPSA) is 50.8 Å². The highest BCUT2D eigenvalue weighted by molar-refractivity contribution is 5.93. The van der Waals surface area contributed by atoms with Crippen LogP contribution >= 0.6 is 0 Å². The van der Waals surface area contributed by atoms with E-state index in [2.05, 4.69) is 22.3 Å². The molecule has 24 heavy (non-hydrogen) atoms. The molecule has 0 spiro atoms. The fraction of sp³-hybridized carbons (Fsp3) is 0.316. The predicted molar refractivity (Wildman–Crippen MR) is 92.0 cm³/mol. The third-order valence-corrected chi connectivity index (χ3v) is 4.31. The monoisotopic (exact) mass is 326 g/mol. The lowest BCUT2D eigenvalue weighted by atomic mass is 10.0. The Bertz CT molecular complexity index is 713. The van der Waals surface area contributed by atoms with E-state index in [0.717, 1.165) is 11.3 Å². The van der Waals surface area contributed by atoms with Crippen LogP contribution in [0.4, 0.5) is 0 Å². The van der Waals surface area contributed by atoms with Gasteiger partial charge < -0.3 is 14.4 Å². The first-order valence-electron chi connectivity index (χ1n) is 7.94. The smallest absolute Gasteiger partial charge is 0.340 e. The van der Waals surface area contributed by atoms with E-state index in [9.17, 15) is 4.79 Å². The molecule has 1 heterocycles. The molecule has 0 fully saturated rings. The molecular weight excluding hydrogens is 304 g/mol. The van der Waals surface area contributed by atoms with Crippen molar-refractivity contribution in [2.45, 2.75) is 12.3 Å². The van der Waals surface area contributed by atoms with Gasteiger partial charge in [-0.15, -0.1) is 0 Å². The molecule has 1 N–H and O–H groups in total. The maximum absolute atomic E-state index is 11.9. The van der Waals surface area contributed by atoms with Crippen molar-refractivity contribution < 1.29 is 14.3 Å². The summed E-state index contributed by atoms with van der Waals surface area (Å²) in [5.74, 6) is 0.566. The average molecular weight is 326 g/mol. The number of ether oxygens (including phenoxy) is 2. The molecule has 2 unspecified atom stereocenters. The van der Waals surface area contributed by atoms with Gasteiger partial charge in [-0.2, -0.15) is 0 Å². The molecule has 2 aromatic rings. The number of nitrogens with zero attached hydrogens (tertiary/aromatic N) is 1. The Morgan fingerprint density at radius 1 is 1.17 bits per heavy atom. The Kier molecular flexibility index (Phi) is 4.83. The van der Waals surface area contributed by atoms with Crippen molar-refractivity contribution in [3.8, 4) is 5.75 Å². The maximum atomic E-state index is 11.9. The normalized spacial score (nSPS) is 17.5. The Balaban J connectivity index is 1.72. The second kappa shape index (κ2) is 7.03. The fourth-order valence-electron chi connectivity index (χ4n) is 2.94. The van der Waals surface area contributed by atoms with Gasteiger partial charge in [0.2, 0.25) is 0 Å². The Morgan fingerprint density at radius 2 is 1.88 bits per heavy atom. The molecule has 0 aromatic heterocycles. The lowest BCUT2D eigenvalue weighted by molar-refractivity contribution is 0.0292. The first-order chi connectivity index (χ1) is 11.6. The molecule has 0 aliphatic carbocycles. The number of carbonyl (C=O) groups excluding carboxylic acids is 1. The number of fused-ring (bicyclic) bond motifs is 1. The van der Waals surface area contributed by atoms with E-state index in [0.29, 0.717) is 12.1 Å². The number of rotatable bonds is 6. The van der Waals surface area contributed by atoms with Gasteiger partial charge in [0, 0.05) is 18.2 Å². The van der Waals surface area contributed by atoms with Crippen LogP contribution in [0, 0.1) is 0 Å². The summed E-state index contributed by atoms with van der Waals surface area (Å²) < 4.78 is 10.7. The molecule has 0 amide bonds. The van der Waals surface area contributed by atoms with Crippen molar-refractivity contribution in [3.05, 3.63) is 65.2 Å². The quantitative estimate of drug-likeness (QED) is 0.827. The van der Waals surface area contributed by atoms with Crippen LogP contribution in [0.5, 0.6) is 5.75 Å². The van der Waals surface area contributed by atoms with E-state index in [4.69, 9.17) is 9.47 Å². The molecule has 0 radical (unpaired) electrons. The van der Waals surface area contributed by atoms with Crippen molar-refractivity contribution in [2.75, 3.05) is 27.7 Å². The minimum absolute atomic E-state index is 0.155. The van der Waals surface area contributed by atoms with E-state index >= 15 is 0 Å². The van der Waals surface area contributed by atoms with Crippen molar-refractivity contribution in [1.29, 1.82) is 0 Å². The molecule has 5 nitrogen and oxygen atoms in total. The third-order valence-electron chi connectivity index (χ3n) is 4.31. The number of nitrogens with one attached hydrogen (secondary N) is 1. The molecule has 0 bridgehead atoms. The maximum Gasteiger partial charge on any atom is 0.340 e. The van der Waals surface area contributed by atoms with Crippen LogP contribution in [0.25, 0.3) is 0 Å². The minimum Gasteiger partial charge on any atom is -0.497 e. The third kappa shape index (κ3) is 3.27. The zero-order valence-electron chi connectivity index (χ0n) is 14.2. The highest BCUT2D eigenvalue weighted by Crippen LogP contribution is 2.29. The van der Waals surface area contributed by atoms with Crippen LogP contribution in [-0.2, 0) is 4.74 Å². The lowest BCUT2D eigenvalue weighted by Gasteiger charge is -2.26. The molecule has 5 heteroatoms. The summed E-state index contributed by atoms with van der Waals surface area (Å²) in [6.45, 7) is 0.658. The molecule has 2 aromatic carbocycles. The zero-order valence-corrected chi connectivity index (χ0v) is 14.2. The first kappa shape index (κ1) is 16.5. The fourth-order valence-corrected chi connectivity index (χ4v) is 2.94. The van der Waals surface area contributed by atoms with E-state index in [-0.39, 0.29) is 12.0 Å². The van der Waals surface area contributed by atoms with Crippen LogP contribution in [0.1, 0.15) is 33.8 Å². The highest BCUT2D eigenvalue weighted by atomic mass is 16.6. The summed E-state index contributed by atoms with van der Waals surface area (Å²) in [6.07, 6.45) is -0.394. The summed E-state index contributed by atoms with van der Waals surface area (Å²) in [6, 6.07) is 15.7. The second-order valence-electron chi connectivity index (χ2n) is 6.03. The van der Waals surface area contributed by atoms with Gasteiger partial charge in [-0.05, 0) is 37.9 Å². The molecule has 3 rings (SSSR count). The molecular formula is C19H22N2O3. The Hall–Kier alpha value is -2.37. The SMILES string of the molecule is COc1ccc(C(CNC2OC(=O)c3ccccc32)N(C)C)cc1. The van der Waals surface area contributed by atoms with E-state index in [1.165, 1.54) is 5.56 Å². The molecule has 0 saturated carbocycles. The van der Waals surface area contributed by atoms with Gasteiger partial charge in [0.05, 0.1) is 12.7 Å². The Labute approximate surface area is 142 Å². The molecule has 1 aliphatic heterocycles. The molecule has 0 saturated heterocycles. The van der Waals surface area contributed by atoms with E-state index < -0.39 is 6.23 Å². The van der Waals surface area contributed by atoms with Gasteiger partial charge in [-0.1, -0.05) is 30.3 Å². The van der Waals surface area contributed by atoms with Crippen molar-refractivity contribution in [1.82, 2.24) is 10.2 Å². The Morgan fingerprint density at radius 3 is 2.54 bits per heavy atom. The first-order valence-corrected chi connectivity index (χ1v) is 7.94. The molecule has 2 atom stereocenters. The number of benzene rings is 2. The largest absolute Gasteiger partial charge is 0.497 e. The predicted octanol–water partition coefficient (Wildman–Crippen LogP) is 2.76. The van der Waals surface area contributed by atoms with Gasteiger partial charge in [-0.25, -0.2) is 4.79 Å². The van der Waals surface area contributed by atoms with Gasteiger partial charge in [0.1, 0.15) is 5.75 Å². The standard InChI is InChI=1S/C19H22N2O3/c1-21(2)17(13-8-10-14(23-3)11-9-13)12-20-18-15-6-4-5-7-16(15)19(22)24-18/h4-11,17-18,20H,12H2,1-3H3. The summed E-state index contributed by atoms with van der Waals surface area (Å²) >= 11 is 0. The number of methoxy groups -OCH3 is 1. The number of cyclic esters (lactones) is 1. The van der Waals surface area contributed by atoms with E-state index in [1.54, 1.807) is 13.2 Å². The number of esters is 1. The van der Waals surface area contributed by atoms with Crippen LogP contribution < -0.4 is 10.1 Å². The van der Waals surface area contributed by atoms with Crippen LogP contribution in [0.2, 0.25) is 0 Å². The van der Waals surface area contributed by atoms with E-state index in [1.807, 2.05) is 44.4 Å². The lowest BCUT2D eigenvalue weighted by Crippen LogP contribution is -2.33. The van der Waals surface area contributed by atoms with Crippen molar-refractivity contribution in [3.63, 3.8) is 0 Å². The van der Waals surface area contributed by atoms with Gasteiger partial charge in [0.15, 0.2) is 6.23 Å². The van der Waals surface area contributed by atoms with Crippen molar-refractivity contribution >= 4 is 5.97 Å². The van der Waals surface area contributed by atoms with Crippen LogP contribution in [0.3, 0.4) is 0 Å². The number of hydrogen-bond donors (Lipinski definition) is 1. The molecule has 126 valence electrons. The second-order valence-corrected chi connectivity index (χ2v) is 6.03. The minimum atomic E-state index is -0.394. The van der Waals surface area contributed by atoms with Gasteiger partial charge in [-0.3, -0.25) is 5.32 Å². The average Bonchev–Trinajstić information content (AvgIpc) is 2.92. The van der Waals surface area contributed by atoms with Crippen LogP contribution in [-0.4, -0.2) is 38.6 Å². The van der Waals surface area contributed by atoms with Crippen LogP contribution in [0.15, 0.2) is 48.5 Å².